The van der Waals surface area contributed by atoms with Crippen molar-refractivity contribution in [1.29, 1.82) is 0 Å². The second-order valence-electron chi connectivity index (χ2n) is 3.97. The third-order valence-corrected chi connectivity index (χ3v) is 2.80. The number of nitrogens with one attached hydrogen (secondary N) is 2. The van der Waals surface area contributed by atoms with Crippen LogP contribution < -0.4 is 10.9 Å². The molecule has 1 aromatic carbocycles. The van der Waals surface area contributed by atoms with Crippen molar-refractivity contribution in [3.8, 4) is 5.75 Å². The molecule has 0 unspecified atom stereocenters. The maximum absolute atomic E-state index is 11.7. The number of hydrogen-bond acceptors (Lipinski definition) is 3. The normalized spacial score (nSPS) is 10.2. The van der Waals surface area contributed by atoms with E-state index >= 15 is 0 Å². The Morgan fingerprint density at radius 2 is 1.78 bits per heavy atom. The van der Waals surface area contributed by atoms with Crippen molar-refractivity contribution in [3.05, 3.63) is 29.8 Å². The standard InChI is InChI=1S/C13H18N2O3/c1-3-9(4-2)12(17)14-15-13(18)10-7-5-6-8-11(10)16/h5-9,16H,3-4H2,1-2H3,(H,14,17)(H,15,18). The van der Waals surface area contributed by atoms with Gasteiger partial charge in [-0.2, -0.15) is 0 Å². The molecule has 0 saturated heterocycles. The molecule has 0 fully saturated rings. The van der Waals surface area contributed by atoms with Crippen molar-refractivity contribution in [2.24, 2.45) is 5.92 Å². The molecule has 98 valence electrons. The number of hydrazine groups is 1. The highest BCUT2D eigenvalue weighted by atomic mass is 16.3. The van der Waals surface area contributed by atoms with Gasteiger partial charge in [0.2, 0.25) is 5.91 Å². The monoisotopic (exact) mass is 250 g/mol. The van der Waals surface area contributed by atoms with Gasteiger partial charge in [0.1, 0.15) is 5.75 Å². The van der Waals surface area contributed by atoms with E-state index in [1.165, 1.54) is 12.1 Å². The highest BCUT2D eigenvalue weighted by Gasteiger charge is 2.16. The zero-order chi connectivity index (χ0) is 13.5. The van der Waals surface area contributed by atoms with Crippen molar-refractivity contribution in [3.63, 3.8) is 0 Å². The molecular formula is C13H18N2O3. The van der Waals surface area contributed by atoms with E-state index in [4.69, 9.17) is 0 Å². The van der Waals surface area contributed by atoms with Gasteiger partial charge in [-0.05, 0) is 25.0 Å². The highest BCUT2D eigenvalue weighted by Crippen LogP contribution is 2.14. The SMILES string of the molecule is CCC(CC)C(=O)NNC(=O)c1ccccc1O. The Balaban J connectivity index is 2.57. The van der Waals surface area contributed by atoms with Crippen molar-refractivity contribution in [2.45, 2.75) is 26.7 Å². The number of phenolic OH excluding ortho intramolecular Hbond substituents is 1. The summed E-state index contributed by atoms with van der Waals surface area (Å²) in [6.45, 7) is 3.83. The Labute approximate surface area is 106 Å². The largest absolute Gasteiger partial charge is 0.507 e. The van der Waals surface area contributed by atoms with Crippen LogP contribution >= 0.6 is 0 Å². The Morgan fingerprint density at radius 3 is 2.33 bits per heavy atom. The molecule has 1 rings (SSSR count). The predicted octanol–water partition coefficient (Wildman–Crippen LogP) is 1.59. The molecule has 0 heterocycles. The first kappa shape index (κ1) is 14.0. The molecule has 5 heteroatoms. The van der Waals surface area contributed by atoms with Crippen molar-refractivity contribution in [1.82, 2.24) is 10.9 Å². The van der Waals surface area contributed by atoms with E-state index < -0.39 is 5.91 Å². The molecular weight excluding hydrogens is 232 g/mol. The van der Waals surface area contributed by atoms with Gasteiger partial charge < -0.3 is 5.11 Å². The van der Waals surface area contributed by atoms with Gasteiger partial charge in [0, 0.05) is 5.92 Å². The van der Waals surface area contributed by atoms with Crippen LogP contribution in [0.15, 0.2) is 24.3 Å². The Kier molecular flexibility index (Phi) is 5.17. The highest BCUT2D eigenvalue weighted by molar-refractivity contribution is 5.97. The molecule has 0 aromatic heterocycles. The third-order valence-electron chi connectivity index (χ3n) is 2.80. The summed E-state index contributed by atoms with van der Waals surface area (Å²) in [6, 6.07) is 6.15. The first-order valence-corrected chi connectivity index (χ1v) is 5.98. The summed E-state index contributed by atoms with van der Waals surface area (Å²) in [5, 5.41) is 9.47. The van der Waals surface area contributed by atoms with Gasteiger partial charge in [0.15, 0.2) is 0 Å². The van der Waals surface area contributed by atoms with Crippen LogP contribution in [0.25, 0.3) is 0 Å². The average molecular weight is 250 g/mol. The quantitative estimate of drug-likeness (QED) is 0.710. The number of rotatable bonds is 4. The number of para-hydroxylation sites is 1. The lowest BCUT2D eigenvalue weighted by Crippen LogP contribution is -2.44. The minimum absolute atomic E-state index is 0.116. The maximum atomic E-state index is 11.7. The van der Waals surface area contributed by atoms with Crippen LogP contribution in [0.5, 0.6) is 5.75 Å². The molecule has 1 aromatic rings. The predicted molar refractivity (Wildman–Crippen MR) is 67.8 cm³/mol. The first-order chi connectivity index (χ1) is 8.60. The molecule has 2 amide bonds. The fourth-order valence-electron chi connectivity index (χ4n) is 1.61. The van der Waals surface area contributed by atoms with E-state index in [0.717, 1.165) is 12.8 Å². The molecule has 0 aliphatic heterocycles. The first-order valence-electron chi connectivity index (χ1n) is 5.98. The van der Waals surface area contributed by atoms with Crippen molar-refractivity contribution in [2.75, 3.05) is 0 Å². The summed E-state index contributed by atoms with van der Waals surface area (Å²) in [5.41, 5.74) is 4.78. The van der Waals surface area contributed by atoms with Gasteiger partial charge >= 0.3 is 0 Å². The van der Waals surface area contributed by atoms with Crippen LogP contribution in [0.1, 0.15) is 37.0 Å². The lowest BCUT2D eigenvalue weighted by Gasteiger charge is -2.13. The molecule has 0 radical (unpaired) electrons. The number of carbonyl (C=O) groups is 2. The molecule has 3 N–H and O–H groups in total. The van der Waals surface area contributed by atoms with Crippen LogP contribution in [0.4, 0.5) is 0 Å². The third kappa shape index (κ3) is 3.48. The van der Waals surface area contributed by atoms with Crippen molar-refractivity contribution >= 4 is 11.8 Å². The summed E-state index contributed by atoms with van der Waals surface area (Å²) in [7, 11) is 0. The van der Waals surface area contributed by atoms with Gasteiger partial charge in [-0.1, -0.05) is 26.0 Å². The summed E-state index contributed by atoms with van der Waals surface area (Å²) >= 11 is 0. The molecule has 0 aliphatic carbocycles. The number of carbonyl (C=O) groups excluding carboxylic acids is 2. The second kappa shape index (κ2) is 6.64. The number of amides is 2. The Morgan fingerprint density at radius 1 is 1.17 bits per heavy atom. The molecule has 0 atom stereocenters. The summed E-state index contributed by atoms with van der Waals surface area (Å²) in [6.07, 6.45) is 1.43. The van der Waals surface area contributed by atoms with Crippen LogP contribution in [0.3, 0.4) is 0 Å². The van der Waals surface area contributed by atoms with Crippen LogP contribution in [0.2, 0.25) is 0 Å². The summed E-state index contributed by atoms with van der Waals surface area (Å²) in [4.78, 5) is 23.3. The molecule has 0 aliphatic rings. The average Bonchev–Trinajstić information content (AvgIpc) is 2.38. The lowest BCUT2D eigenvalue weighted by molar-refractivity contribution is -0.126. The van der Waals surface area contributed by atoms with Crippen LogP contribution in [0, 0.1) is 5.92 Å². The van der Waals surface area contributed by atoms with Gasteiger partial charge in [-0.3, -0.25) is 20.4 Å². The minimum Gasteiger partial charge on any atom is -0.507 e. The zero-order valence-corrected chi connectivity index (χ0v) is 10.6. The fourth-order valence-corrected chi connectivity index (χ4v) is 1.61. The number of benzene rings is 1. The second-order valence-corrected chi connectivity index (χ2v) is 3.97. The molecule has 18 heavy (non-hydrogen) atoms. The topological polar surface area (TPSA) is 78.4 Å². The van der Waals surface area contributed by atoms with Crippen molar-refractivity contribution < 1.29 is 14.7 Å². The van der Waals surface area contributed by atoms with E-state index in [-0.39, 0.29) is 23.1 Å². The van der Waals surface area contributed by atoms with Gasteiger partial charge in [0.25, 0.3) is 5.91 Å². The Hall–Kier alpha value is -2.04. The van der Waals surface area contributed by atoms with E-state index in [2.05, 4.69) is 10.9 Å². The molecule has 5 nitrogen and oxygen atoms in total. The maximum Gasteiger partial charge on any atom is 0.273 e. The summed E-state index contributed by atoms with van der Waals surface area (Å²) < 4.78 is 0. The van der Waals surface area contributed by atoms with Gasteiger partial charge in [-0.15, -0.1) is 0 Å². The Bertz CT molecular complexity index is 428. The fraction of sp³-hybridized carbons (Fsp3) is 0.385. The van der Waals surface area contributed by atoms with Gasteiger partial charge in [-0.25, -0.2) is 0 Å². The number of hydrogen-bond donors (Lipinski definition) is 3. The van der Waals surface area contributed by atoms with E-state index in [1.807, 2.05) is 13.8 Å². The van der Waals surface area contributed by atoms with E-state index in [1.54, 1.807) is 12.1 Å². The van der Waals surface area contributed by atoms with E-state index in [0.29, 0.717) is 0 Å². The zero-order valence-electron chi connectivity index (χ0n) is 10.6. The van der Waals surface area contributed by atoms with E-state index in [9.17, 15) is 14.7 Å². The molecule has 0 spiro atoms. The smallest absolute Gasteiger partial charge is 0.273 e. The van der Waals surface area contributed by atoms with Crippen LogP contribution in [-0.2, 0) is 4.79 Å². The van der Waals surface area contributed by atoms with Crippen LogP contribution in [-0.4, -0.2) is 16.9 Å². The molecule has 0 saturated carbocycles. The number of aromatic hydroxyl groups is 1. The summed E-state index contributed by atoms with van der Waals surface area (Å²) in [5.74, 6) is -0.988. The minimum atomic E-state index is -0.535. The lowest BCUT2D eigenvalue weighted by atomic mass is 10.0. The number of phenols is 1. The molecule has 0 bridgehead atoms. The van der Waals surface area contributed by atoms with Gasteiger partial charge in [0.05, 0.1) is 5.56 Å².